The largest absolute Gasteiger partial charge is 0.389 e. The Morgan fingerprint density at radius 3 is 2.51 bits per heavy atom. The highest BCUT2D eigenvalue weighted by atomic mass is 16.3. The van der Waals surface area contributed by atoms with Gasteiger partial charge in [0.15, 0.2) is 0 Å². The Bertz CT molecular complexity index is 1260. The van der Waals surface area contributed by atoms with E-state index in [4.69, 9.17) is 5.26 Å². The first-order valence-electron chi connectivity index (χ1n) is 11.6. The zero-order valence-corrected chi connectivity index (χ0v) is 20.8. The van der Waals surface area contributed by atoms with Crippen molar-refractivity contribution in [1.82, 2.24) is 9.55 Å². The Labute approximate surface area is 205 Å². The van der Waals surface area contributed by atoms with Crippen molar-refractivity contribution in [2.45, 2.75) is 52.7 Å². The number of hydrogen-bond donors (Lipinski definition) is 3. The van der Waals surface area contributed by atoms with Gasteiger partial charge in [-0.1, -0.05) is 19.9 Å². The van der Waals surface area contributed by atoms with Crippen molar-refractivity contribution in [3.8, 4) is 6.07 Å². The zero-order chi connectivity index (χ0) is 25.8. The van der Waals surface area contributed by atoms with Crippen molar-refractivity contribution in [2.24, 2.45) is 5.92 Å². The second-order valence-corrected chi connectivity index (χ2v) is 9.19. The third-order valence-corrected chi connectivity index (χ3v) is 5.80. The smallest absolute Gasteiger partial charge is 0.326 e. The van der Waals surface area contributed by atoms with E-state index in [0.29, 0.717) is 28.0 Å². The number of nitriles is 1. The van der Waals surface area contributed by atoms with Crippen LogP contribution in [0.3, 0.4) is 0 Å². The second kappa shape index (κ2) is 10.6. The maximum atomic E-state index is 12.8. The number of fused-ring (bicyclic) bond motifs is 1. The molecule has 0 aliphatic rings. The summed E-state index contributed by atoms with van der Waals surface area (Å²) < 4.78 is 1.73. The number of hydrogen-bond acceptors (Lipinski definition) is 5. The summed E-state index contributed by atoms with van der Waals surface area (Å²) in [5.41, 5.74) is 1.82. The van der Waals surface area contributed by atoms with Crippen LogP contribution in [-0.4, -0.2) is 39.2 Å². The number of carbonyl (C=O) groups excluding carboxylic acids is 2. The fraction of sp³-hybridized carbons (Fsp3) is 0.385. The predicted octanol–water partition coefficient (Wildman–Crippen LogP) is 4.72. The Hall–Kier alpha value is -3.90. The van der Waals surface area contributed by atoms with Crippen LogP contribution in [-0.2, 0) is 11.3 Å². The van der Waals surface area contributed by atoms with Gasteiger partial charge in [0, 0.05) is 24.3 Å². The molecule has 0 saturated carbocycles. The monoisotopic (exact) mass is 476 g/mol. The minimum atomic E-state index is -1.07. The van der Waals surface area contributed by atoms with Crippen LogP contribution in [0.15, 0.2) is 42.5 Å². The lowest BCUT2D eigenvalue weighted by molar-refractivity contribution is -0.122. The number of amides is 3. The van der Waals surface area contributed by atoms with E-state index in [9.17, 15) is 14.7 Å². The van der Waals surface area contributed by atoms with Gasteiger partial charge in [-0.2, -0.15) is 5.26 Å². The van der Waals surface area contributed by atoms with Crippen LogP contribution in [0.1, 0.15) is 46.1 Å². The Balaban J connectivity index is 1.93. The van der Waals surface area contributed by atoms with Gasteiger partial charge in [0.05, 0.1) is 34.8 Å². The molecular weight excluding hydrogens is 444 g/mol. The Kier molecular flexibility index (Phi) is 7.77. The van der Waals surface area contributed by atoms with E-state index in [0.717, 1.165) is 12.8 Å². The van der Waals surface area contributed by atoms with E-state index in [1.165, 1.54) is 0 Å². The molecule has 3 amide bonds. The van der Waals surface area contributed by atoms with Gasteiger partial charge >= 0.3 is 6.03 Å². The molecule has 0 unspecified atom stereocenters. The van der Waals surface area contributed by atoms with Crippen molar-refractivity contribution < 1.29 is 14.7 Å². The normalized spacial score (nSPS) is 11.4. The van der Waals surface area contributed by atoms with Crippen LogP contribution in [0.25, 0.3) is 11.0 Å². The van der Waals surface area contributed by atoms with Crippen LogP contribution >= 0.6 is 0 Å². The first-order valence-corrected chi connectivity index (χ1v) is 11.6. The summed E-state index contributed by atoms with van der Waals surface area (Å²) in [6.07, 6.45) is 1.53. The molecule has 0 bridgehead atoms. The molecule has 2 aromatic carbocycles. The summed E-state index contributed by atoms with van der Waals surface area (Å²) in [7, 11) is 1.75. The van der Waals surface area contributed by atoms with Gasteiger partial charge in [-0.25, -0.2) is 9.78 Å². The number of carbonyl (C=O) groups is 2. The SMILES string of the molecule is CCC(CC)C(=O)N(C)c1ccc2c(c1)nc(NC(=O)Nc1cccc(C#N)c1)n2CC(C)(C)O. The standard InChI is InChI=1S/C26H32N6O3/c1-6-18(7-2)23(33)31(5)20-11-12-22-21(14-20)29-24(32(22)16-26(3,4)35)30-25(34)28-19-10-8-9-17(13-19)15-27/h8-14,18,35H,6-7,16H2,1-5H3,(H2,28,29,30,34). The van der Waals surface area contributed by atoms with Crippen LogP contribution in [0.2, 0.25) is 0 Å². The third kappa shape index (κ3) is 6.16. The lowest BCUT2D eigenvalue weighted by Gasteiger charge is -2.23. The van der Waals surface area contributed by atoms with E-state index >= 15 is 0 Å². The van der Waals surface area contributed by atoms with Gasteiger partial charge in [-0.3, -0.25) is 10.1 Å². The van der Waals surface area contributed by atoms with Crippen LogP contribution in [0.4, 0.5) is 22.1 Å². The molecule has 0 aliphatic heterocycles. The number of nitrogens with zero attached hydrogens (tertiary/aromatic N) is 4. The summed E-state index contributed by atoms with van der Waals surface area (Å²) in [6.45, 7) is 7.53. The molecule has 1 heterocycles. The van der Waals surface area contributed by atoms with E-state index in [-0.39, 0.29) is 24.3 Å². The molecular formula is C26H32N6O3. The average Bonchev–Trinajstić information content (AvgIpc) is 3.13. The first-order chi connectivity index (χ1) is 16.6. The molecule has 0 atom stereocenters. The molecule has 35 heavy (non-hydrogen) atoms. The van der Waals surface area contributed by atoms with Crippen LogP contribution in [0.5, 0.6) is 0 Å². The number of rotatable bonds is 8. The Morgan fingerprint density at radius 2 is 1.89 bits per heavy atom. The maximum absolute atomic E-state index is 12.8. The highest BCUT2D eigenvalue weighted by molar-refractivity contribution is 6.00. The summed E-state index contributed by atoms with van der Waals surface area (Å²) in [5, 5.41) is 25.0. The first kappa shape index (κ1) is 25.7. The molecule has 3 aromatic rings. The van der Waals surface area contributed by atoms with Crippen molar-refractivity contribution in [3.05, 3.63) is 48.0 Å². The molecule has 0 fully saturated rings. The van der Waals surface area contributed by atoms with Crippen molar-refractivity contribution in [2.75, 3.05) is 22.6 Å². The number of urea groups is 1. The predicted molar refractivity (Wildman–Crippen MR) is 137 cm³/mol. The van der Waals surface area contributed by atoms with Gasteiger partial charge in [-0.15, -0.1) is 0 Å². The average molecular weight is 477 g/mol. The van der Waals surface area contributed by atoms with Crippen LogP contribution in [0, 0.1) is 17.2 Å². The minimum absolute atomic E-state index is 0.0441. The number of imidazole rings is 1. The van der Waals surface area contributed by atoms with Gasteiger partial charge in [0.1, 0.15) is 0 Å². The van der Waals surface area contributed by atoms with E-state index in [1.54, 1.807) is 60.7 Å². The highest BCUT2D eigenvalue weighted by Gasteiger charge is 2.23. The Morgan fingerprint density at radius 1 is 1.17 bits per heavy atom. The lowest BCUT2D eigenvalue weighted by atomic mass is 10.0. The van der Waals surface area contributed by atoms with Crippen molar-refractivity contribution in [1.29, 1.82) is 5.26 Å². The molecule has 0 aliphatic carbocycles. The van der Waals surface area contributed by atoms with Crippen LogP contribution < -0.4 is 15.5 Å². The van der Waals surface area contributed by atoms with Gasteiger partial charge in [-0.05, 0) is 63.1 Å². The molecule has 3 N–H and O–H groups in total. The molecule has 1 aromatic heterocycles. The molecule has 184 valence electrons. The second-order valence-electron chi connectivity index (χ2n) is 9.19. The minimum Gasteiger partial charge on any atom is -0.389 e. The van der Waals surface area contributed by atoms with E-state index in [2.05, 4.69) is 15.6 Å². The van der Waals surface area contributed by atoms with E-state index < -0.39 is 11.6 Å². The fourth-order valence-corrected chi connectivity index (χ4v) is 3.94. The molecule has 9 nitrogen and oxygen atoms in total. The van der Waals surface area contributed by atoms with Crippen molar-refractivity contribution in [3.63, 3.8) is 0 Å². The number of nitrogens with one attached hydrogen (secondary N) is 2. The van der Waals surface area contributed by atoms with Gasteiger partial charge in [0.25, 0.3) is 0 Å². The van der Waals surface area contributed by atoms with Crippen molar-refractivity contribution >= 4 is 40.3 Å². The highest BCUT2D eigenvalue weighted by Crippen LogP contribution is 2.28. The summed E-state index contributed by atoms with van der Waals surface area (Å²) >= 11 is 0. The summed E-state index contributed by atoms with van der Waals surface area (Å²) in [4.78, 5) is 31.8. The summed E-state index contributed by atoms with van der Waals surface area (Å²) in [6, 6.07) is 13.5. The van der Waals surface area contributed by atoms with E-state index in [1.807, 2.05) is 32.0 Å². The number of benzene rings is 2. The zero-order valence-electron chi connectivity index (χ0n) is 20.8. The molecule has 0 spiro atoms. The lowest BCUT2D eigenvalue weighted by Crippen LogP contribution is -2.32. The quantitative estimate of drug-likeness (QED) is 0.434. The molecule has 3 rings (SSSR count). The maximum Gasteiger partial charge on any atom is 0.326 e. The molecule has 9 heteroatoms. The summed E-state index contributed by atoms with van der Waals surface area (Å²) in [5.74, 6) is 0.244. The van der Waals surface area contributed by atoms with Gasteiger partial charge in [0.2, 0.25) is 11.9 Å². The topological polar surface area (TPSA) is 123 Å². The number of anilines is 3. The fourth-order valence-electron chi connectivity index (χ4n) is 3.94. The van der Waals surface area contributed by atoms with Gasteiger partial charge < -0.3 is 19.9 Å². The number of aromatic nitrogens is 2. The third-order valence-electron chi connectivity index (χ3n) is 5.80. The number of aliphatic hydroxyl groups is 1. The molecule has 0 radical (unpaired) electrons. The molecule has 0 saturated heterocycles.